The summed E-state index contributed by atoms with van der Waals surface area (Å²) in [5, 5.41) is 4.21. The van der Waals surface area contributed by atoms with E-state index in [2.05, 4.69) is 30.2 Å². The number of imidazole rings is 1. The number of hydrogen-bond donors (Lipinski definition) is 3. The fourth-order valence-electron chi connectivity index (χ4n) is 3.48. The van der Waals surface area contributed by atoms with E-state index in [-0.39, 0.29) is 0 Å². The second kappa shape index (κ2) is 8.92. The number of aromatic nitrogens is 5. The number of nitrogens with one attached hydrogen (secondary N) is 2. The summed E-state index contributed by atoms with van der Waals surface area (Å²) in [4.78, 5) is 21.0. The van der Waals surface area contributed by atoms with Gasteiger partial charge >= 0.3 is 0 Å². The lowest BCUT2D eigenvalue weighted by Crippen LogP contribution is -2.28. The third-order valence-electron chi connectivity index (χ3n) is 5.40. The summed E-state index contributed by atoms with van der Waals surface area (Å²) in [6, 6.07) is 19.8. The minimum absolute atomic E-state index is 0.519. The Morgan fingerprint density at radius 3 is 2.47 bits per heavy atom. The highest BCUT2D eigenvalue weighted by molar-refractivity contribution is 5.92. The van der Waals surface area contributed by atoms with Crippen LogP contribution in [0, 0.1) is 0 Å². The molecule has 0 aliphatic rings. The van der Waals surface area contributed by atoms with Gasteiger partial charge in [-0.2, -0.15) is 0 Å². The summed E-state index contributed by atoms with van der Waals surface area (Å²) in [5.74, 6) is 2.12. The Morgan fingerprint density at radius 1 is 0.941 bits per heavy atom. The molecule has 8 heteroatoms. The highest BCUT2D eigenvalue weighted by Gasteiger charge is 2.18. The van der Waals surface area contributed by atoms with Gasteiger partial charge in [-0.1, -0.05) is 30.3 Å². The molecule has 2 aromatic carbocycles. The first-order valence-corrected chi connectivity index (χ1v) is 10.9. The van der Waals surface area contributed by atoms with Gasteiger partial charge in [-0.25, -0.2) is 15.0 Å². The number of hydrogen-bond acceptors (Lipinski definition) is 7. The molecule has 8 nitrogen and oxygen atoms in total. The topological polar surface area (TPSA) is 115 Å². The highest BCUT2D eigenvalue weighted by Crippen LogP contribution is 2.27. The van der Waals surface area contributed by atoms with Crippen LogP contribution in [0.5, 0.6) is 5.75 Å². The van der Waals surface area contributed by atoms with Crippen LogP contribution in [0.4, 0.5) is 11.5 Å². The third kappa shape index (κ3) is 4.72. The predicted molar refractivity (Wildman–Crippen MR) is 133 cm³/mol. The Balaban J connectivity index is 1.36. The molecule has 0 spiro atoms. The van der Waals surface area contributed by atoms with Gasteiger partial charge in [-0.3, -0.25) is 4.98 Å². The Kier molecular flexibility index (Phi) is 5.65. The second-order valence-electron chi connectivity index (χ2n) is 8.60. The molecule has 0 saturated carbocycles. The second-order valence-corrected chi connectivity index (χ2v) is 8.60. The SMILES string of the molecule is CC(C)(N)c1cnc(-c2cc3c(Nc4ccc(OCc5ccccc5)cc4)ncnc3cn2)[nH]1. The number of H-pyrrole nitrogens is 1. The van der Waals surface area contributed by atoms with Crippen LogP contribution in [-0.2, 0) is 12.1 Å². The van der Waals surface area contributed by atoms with Crippen molar-refractivity contribution in [2.45, 2.75) is 26.0 Å². The molecule has 3 aromatic heterocycles. The maximum atomic E-state index is 6.18. The molecule has 0 aliphatic carbocycles. The van der Waals surface area contributed by atoms with E-state index in [1.807, 2.05) is 74.5 Å². The predicted octanol–water partition coefficient (Wildman–Crippen LogP) is 4.93. The average Bonchev–Trinajstić information content (AvgIpc) is 3.36. The average molecular weight is 452 g/mol. The number of benzene rings is 2. The summed E-state index contributed by atoms with van der Waals surface area (Å²) in [6.45, 7) is 4.37. The largest absolute Gasteiger partial charge is 0.489 e. The van der Waals surface area contributed by atoms with Gasteiger partial charge in [0.25, 0.3) is 0 Å². The van der Waals surface area contributed by atoms with Crippen LogP contribution < -0.4 is 15.8 Å². The molecule has 0 radical (unpaired) electrons. The molecule has 0 saturated heterocycles. The van der Waals surface area contributed by atoms with Gasteiger partial charge in [0.05, 0.1) is 29.1 Å². The normalized spacial score (nSPS) is 11.5. The number of aromatic amines is 1. The van der Waals surface area contributed by atoms with E-state index < -0.39 is 5.54 Å². The van der Waals surface area contributed by atoms with Crippen LogP contribution in [0.2, 0.25) is 0 Å². The van der Waals surface area contributed by atoms with E-state index in [9.17, 15) is 0 Å². The van der Waals surface area contributed by atoms with Crippen molar-refractivity contribution in [2.24, 2.45) is 5.73 Å². The Bertz CT molecular complexity index is 1410. The monoisotopic (exact) mass is 451 g/mol. The van der Waals surface area contributed by atoms with E-state index in [1.54, 1.807) is 12.4 Å². The van der Waals surface area contributed by atoms with Crippen molar-refractivity contribution < 1.29 is 4.74 Å². The van der Waals surface area contributed by atoms with E-state index >= 15 is 0 Å². The number of pyridine rings is 1. The Morgan fingerprint density at radius 2 is 1.74 bits per heavy atom. The minimum Gasteiger partial charge on any atom is -0.489 e. The lowest BCUT2D eigenvalue weighted by molar-refractivity contribution is 0.306. The molecule has 0 bridgehead atoms. The van der Waals surface area contributed by atoms with Crippen molar-refractivity contribution in [2.75, 3.05) is 5.32 Å². The maximum absolute atomic E-state index is 6.18. The summed E-state index contributed by atoms with van der Waals surface area (Å²) >= 11 is 0. The third-order valence-corrected chi connectivity index (χ3v) is 5.40. The Hall–Kier alpha value is -4.30. The van der Waals surface area contributed by atoms with Gasteiger partial charge in [0.1, 0.15) is 30.2 Å². The molecule has 5 rings (SSSR count). The van der Waals surface area contributed by atoms with Gasteiger partial charge in [-0.15, -0.1) is 0 Å². The smallest absolute Gasteiger partial charge is 0.156 e. The van der Waals surface area contributed by atoms with E-state index in [1.165, 1.54) is 6.33 Å². The van der Waals surface area contributed by atoms with Gasteiger partial charge < -0.3 is 20.8 Å². The standard InChI is InChI=1S/C26H25N7O/c1-26(2,27)23-14-29-25(33-23)21-12-20-22(13-28-21)30-16-31-24(20)32-18-8-10-19(11-9-18)34-15-17-6-4-3-5-7-17/h3-14,16H,15,27H2,1-2H3,(H,29,33)(H,30,31,32). The number of anilines is 2. The fourth-order valence-corrected chi connectivity index (χ4v) is 3.48. The molecule has 3 heterocycles. The lowest BCUT2D eigenvalue weighted by atomic mass is 10.0. The zero-order valence-corrected chi connectivity index (χ0v) is 19.0. The van der Waals surface area contributed by atoms with Crippen molar-refractivity contribution in [3.8, 4) is 17.3 Å². The van der Waals surface area contributed by atoms with E-state index in [4.69, 9.17) is 10.5 Å². The van der Waals surface area contributed by atoms with E-state index in [0.29, 0.717) is 23.9 Å². The van der Waals surface area contributed by atoms with Gasteiger partial charge in [0.2, 0.25) is 0 Å². The molecule has 170 valence electrons. The zero-order valence-electron chi connectivity index (χ0n) is 19.0. The molecule has 4 N–H and O–H groups in total. The highest BCUT2D eigenvalue weighted by atomic mass is 16.5. The van der Waals surface area contributed by atoms with Crippen LogP contribution in [-0.4, -0.2) is 24.9 Å². The van der Waals surface area contributed by atoms with E-state index in [0.717, 1.165) is 33.6 Å². The van der Waals surface area contributed by atoms with Crippen molar-refractivity contribution in [3.63, 3.8) is 0 Å². The van der Waals surface area contributed by atoms with Crippen molar-refractivity contribution in [3.05, 3.63) is 90.6 Å². The summed E-state index contributed by atoms with van der Waals surface area (Å²) < 4.78 is 5.88. The molecule has 0 amide bonds. The summed E-state index contributed by atoms with van der Waals surface area (Å²) in [7, 11) is 0. The molecule has 5 aromatic rings. The number of nitrogens with zero attached hydrogens (tertiary/aromatic N) is 4. The molecule has 34 heavy (non-hydrogen) atoms. The number of ether oxygens (including phenoxy) is 1. The van der Waals surface area contributed by atoms with Crippen LogP contribution in [0.15, 0.2) is 79.4 Å². The molecule has 0 aliphatic heterocycles. The first kappa shape index (κ1) is 21.5. The quantitative estimate of drug-likeness (QED) is 0.321. The van der Waals surface area contributed by atoms with Crippen molar-refractivity contribution >= 4 is 22.4 Å². The van der Waals surface area contributed by atoms with Crippen LogP contribution in [0.25, 0.3) is 22.4 Å². The van der Waals surface area contributed by atoms with Crippen molar-refractivity contribution in [1.29, 1.82) is 0 Å². The molecular formula is C26H25N7O. The van der Waals surface area contributed by atoms with Crippen LogP contribution >= 0.6 is 0 Å². The molecule has 0 fully saturated rings. The van der Waals surface area contributed by atoms with Gasteiger partial charge in [-0.05, 0) is 49.7 Å². The van der Waals surface area contributed by atoms with Gasteiger partial charge in [0, 0.05) is 11.1 Å². The maximum Gasteiger partial charge on any atom is 0.156 e. The number of rotatable bonds is 7. The fraction of sp³-hybridized carbons (Fsp3) is 0.154. The zero-order chi connectivity index (χ0) is 23.5. The first-order chi connectivity index (χ1) is 16.5. The lowest BCUT2D eigenvalue weighted by Gasteiger charge is -2.15. The van der Waals surface area contributed by atoms with Crippen molar-refractivity contribution in [1.82, 2.24) is 24.9 Å². The molecular weight excluding hydrogens is 426 g/mol. The van der Waals surface area contributed by atoms with Crippen LogP contribution in [0.1, 0.15) is 25.1 Å². The minimum atomic E-state index is -0.519. The number of nitrogens with two attached hydrogens (primary N) is 1. The summed E-state index contributed by atoms with van der Waals surface area (Å²) in [5.41, 5.74) is 9.92. The summed E-state index contributed by atoms with van der Waals surface area (Å²) in [6.07, 6.45) is 4.97. The first-order valence-electron chi connectivity index (χ1n) is 10.9. The molecule has 0 unspecified atom stereocenters. The molecule has 0 atom stereocenters. The Labute approximate surface area is 197 Å². The van der Waals surface area contributed by atoms with Gasteiger partial charge in [0.15, 0.2) is 5.82 Å². The number of fused-ring (bicyclic) bond motifs is 1. The van der Waals surface area contributed by atoms with Crippen LogP contribution in [0.3, 0.4) is 0 Å².